The van der Waals surface area contributed by atoms with Crippen LogP contribution in [0.4, 0.5) is 17.1 Å². The minimum Gasteiger partial charge on any atom is -0.461 e. The summed E-state index contributed by atoms with van der Waals surface area (Å²) in [6.07, 6.45) is 0. The molecule has 0 saturated carbocycles. The van der Waals surface area contributed by atoms with Gasteiger partial charge in [0.2, 0.25) is 0 Å². The van der Waals surface area contributed by atoms with E-state index >= 15 is 0 Å². The molecule has 0 saturated heterocycles. The summed E-state index contributed by atoms with van der Waals surface area (Å²) in [5.74, 6) is -1.33. The number of hydrogen-bond donors (Lipinski definition) is 2. The van der Waals surface area contributed by atoms with Crippen LogP contribution in [-0.2, 0) is 9.53 Å². The monoisotopic (exact) mass is 280 g/mol. The van der Waals surface area contributed by atoms with Crippen molar-refractivity contribution < 1.29 is 19.4 Å². The van der Waals surface area contributed by atoms with Crippen molar-refractivity contribution in [1.82, 2.24) is 0 Å². The van der Waals surface area contributed by atoms with Crippen molar-refractivity contribution in [3.63, 3.8) is 0 Å². The van der Waals surface area contributed by atoms with E-state index < -0.39 is 21.5 Å². The lowest BCUT2D eigenvalue weighted by molar-refractivity contribution is -0.422. The van der Waals surface area contributed by atoms with Crippen LogP contribution < -0.4 is 10.6 Å². The summed E-state index contributed by atoms with van der Waals surface area (Å²) in [6, 6.07) is 3.81. The molecule has 1 aromatic carbocycles. The molecule has 1 aliphatic rings. The van der Waals surface area contributed by atoms with E-state index in [-0.39, 0.29) is 17.2 Å². The predicted molar refractivity (Wildman–Crippen MR) is 66.4 cm³/mol. The van der Waals surface area contributed by atoms with Gasteiger partial charge in [-0.25, -0.2) is 4.79 Å². The molecule has 0 unspecified atom stereocenters. The fraction of sp³-hybridized carbons (Fsp3) is 0.100. The molecule has 0 fully saturated rings. The number of nitro benzene ring substituents is 1. The van der Waals surface area contributed by atoms with Crippen LogP contribution in [0.3, 0.4) is 0 Å². The number of carbonyl (C=O) groups excluding carboxylic acids is 1. The van der Waals surface area contributed by atoms with E-state index in [9.17, 15) is 25.0 Å². The van der Waals surface area contributed by atoms with Gasteiger partial charge in [0, 0.05) is 12.1 Å². The molecule has 0 aliphatic carbocycles. The van der Waals surface area contributed by atoms with E-state index in [0.29, 0.717) is 5.69 Å². The Morgan fingerprint density at radius 3 is 2.40 bits per heavy atom. The predicted octanol–water partition coefficient (Wildman–Crippen LogP) is 1.05. The third kappa shape index (κ3) is 2.21. The van der Waals surface area contributed by atoms with Gasteiger partial charge in [-0.05, 0) is 6.07 Å². The lowest BCUT2D eigenvalue weighted by Gasteiger charge is -2.01. The summed E-state index contributed by atoms with van der Waals surface area (Å²) < 4.78 is 4.32. The molecule has 10 heteroatoms. The highest BCUT2D eigenvalue weighted by molar-refractivity contribution is 5.91. The Bertz CT molecular complexity index is 653. The smallest absolute Gasteiger partial charge is 0.413 e. The first kappa shape index (κ1) is 13.3. The average molecular weight is 280 g/mol. The molecule has 0 amide bonds. The number of carbonyl (C=O) groups is 1. The summed E-state index contributed by atoms with van der Waals surface area (Å²) in [5, 5.41) is 26.7. The van der Waals surface area contributed by atoms with Crippen LogP contribution >= 0.6 is 0 Å². The van der Waals surface area contributed by atoms with Crippen molar-refractivity contribution in [3.8, 4) is 0 Å². The van der Waals surface area contributed by atoms with Gasteiger partial charge in [0.25, 0.3) is 5.69 Å². The van der Waals surface area contributed by atoms with Gasteiger partial charge in [-0.1, -0.05) is 0 Å². The van der Waals surface area contributed by atoms with Crippen molar-refractivity contribution in [2.75, 3.05) is 17.7 Å². The first-order valence-corrected chi connectivity index (χ1v) is 5.23. The summed E-state index contributed by atoms with van der Waals surface area (Å²) in [7, 11) is 1.01. The van der Waals surface area contributed by atoms with Gasteiger partial charge < -0.3 is 15.4 Å². The number of anilines is 2. The Morgan fingerprint density at radius 1 is 1.20 bits per heavy atom. The van der Waals surface area contributed by atoms with E-state index in [1.165, 1.54) is 18.2 Å². The fourth-order valence-corrected chi connectivity index (χ4v) is 1.64. The first-order valence-electron chi connectivity index (χ1n) is 5.23. The van der Waals surface area contributed by atoms with E-state index in [2.05, 4.69) is 15.4 Å². The normalized spacial score (nSPS) is 14.7. The number of nitrogens with one attached hydrogen (secondary N) is 2. The van der Waals surface area contributed by atoms with Gasteiger partial charge in [0.15, 0.2) is 5.82 Å². The van der Waals surface area contributed by atoms with Crippen LogP contribution in [0.15, 0.2) is 29.7 Å². The van der Waals surface area contributed by atoms with Gasteiger partial charge in [0.1, 0.15) is 0 Å². The van der Waals surface area contributed by atoms with Crippen LogP contribution in [0.1, 0.15) is 0 Å². The second-order valence-electron chi connectivity index (χ2n) is 3.71. The number of hydrogen-bond acceptors (Lipinski definition) is 8. The maximum Gasteiger partial charge on any atom is 0.413 e. The Hall–Kier alpha value is -3.17. The molecular formula is C10H8N4O6. The van der Waals surface area contributed by atoms with Gasteiger partial charge in [-0.3, -0.25) is 20.2 Å². The Labute approximate surface area is 111 Å². The molecule has 104 valence electrons. The molecule has 0 radical (unpaired) electrons. The minimum atomic E-state index is -1.13. The number of rotatable bonds is 3. The molecule has 0 spiro atoms. The molecule has 1 aromatic rings. The van der Waals surface area contributed by atoms with Gasteiger partial charge >= 0.3 is 11.7 Å². The molecule has 20 heavy (non-hydrogen) atoms. The number of nitro groups is 2. The summed E-state index contributed by atoms with van der Waals surface area (Å²) in [4.78, 5) is 31.4. The van der Waals surface area contributed by atoms with E-state index in [0.717, 1.165) is 7.11 Å². The zero-order valence-electron chi connectivity index (χ0n) is 10.1. The Kier molecular flexibility index (Phi) is 3.21. The molecular weight excluding hydrogens is 272 g/mol. The number of esters is 1. The fourth-order valence-electron chi connectivity index (χ4n) is 1.64. The quantitative estimate of drug-likeness (QED) is 0.362. The summed E-state index contributed by atoms with van der Waals surface area (Å²) >= 11 is 0. The van der Waals surface area contributed by atoms with Crippen molar-refractivity contribution >= 4 is 23.0 Å². The highest BCUT2D eigenvalue weighted by Crippen LogP contribution is 2.34. The number of fused-ring (bicyclic) bond motifs is 1. The Morgan fingerprint density at radius 2 is 1.85 bits per heavy atom. The standard InChI is InChI=1S/C10H8N4O6/c1-20-10(15)8(14(18)19)9-11-6-3-2-5(13(16)17)4-7(6)12-9/h2-4,11-12H,1H3. The number of benzene rings is 1. The highest BCUT2D eigenvalue weighted by Gasteiger charge is 2.33. The Balaban J connectivity index is 2.43. The molecule has 2 N–H and O–H groups in total. The summed E-state index contributed by atoms with van der Waals surface area (Å²) in [5.41, 5.74) is -0.349. The van der Waals surface area contributed by atoms with Crippen LogP contribution in [0.2, 0.25) is 0 Å². The third-order valence-corrected chi connectivity index (χ3v) is 2.53. The molecule has 0 bridgehead atoms. The minimum absolute atomic E-state index is 0.181. The van der Waals surface area contributed by atoms with Crippen LogP contribution in [0, 0.1) is 20.2 Å². The SMILES string of the molecule is COC(=O)C(=C1Nc2ccc([N+](=O)[O-])cc2N1)[N+](=O)[O-]. The van der Waals surface area contributed by atoms with E-state index in [4.69, 9.17) is 0 Å². The molecule has 1 heterocycles. The molecule has 10 nitrogen and oxygen atoms in total. The second-order valence-corrected chi connectivity index (χ2v) is 3.71. The topological polar surface area (TPSA) is 137 Å². The van der Waals surface area contributed by atoms with Crippen molar-refractivity contribution in [2.45, 2.75) is 0 Å². The lowest BCUT2D eigenvalue weighted by atomic mass is 10.2. The zero-order chi connectivity index (χ0) is 14.9. The maximum atomic E-state index is 11.4. The number of nitrogens with zero attached hydrogens (tertiary/aromatic N) is 2. The third-order valence-electron chi connectivity index (χ3n) is 2.53. The molecule has 0 aromatic heterocycles. The van der Waals surface area contributed by atoms with Crippen molar-refractivity contribution in [2.24, 2.45) is 0 Å². The average Bonchev–Trinajstić information content (AvgIpc) is 2.79. The molecule has 1 aliphatic heterocycles. The number of non-ortho nitro benzene ring substituents is 1. The molecule has 0 atom stereocenters. The number of methoxy groups -OCH3 is 1. The van der Waals surface area contributed by atoms with Gasteiger partial charge in [-0.2, -0.15) is 0 Å². The van der Waals surface area contributed by atoms with E-state index in [1.807, 2.05) is 0 Å². The maximum absolute atomic E-state index is 11.4. The van der Waals surface area contributed by atoms with Crippen molar-refractivity contribution in [1.29, 1.82) is 0 Å². The molecule has 2 rings (SSSR count). The van der Waals surface area contributed by atoms with Crippen LogP contribution in [0.5, 0.6) is 0 Å². The highest BCUT2D eigenvalue weighted by atomic mass is 16.6. The second kappa shape index (κ2) is 4.84. The first-order chi connectivity index (χ1) is 9.43. The van der Waals surface area contributed by atoms with Gasteiger partial charge in [-0.15, -0.1) is 0 Å². The van der Waals surface area contributed by atoms with Gasteiger partial charge in [0.05, 0.1) is 28.3 Å². The zero-order valence-corrected chi connectivity index (χ0v) is 10.1. The van der Waals surface area contributed by atoms with Crippen LogP contribution in [0.25, 0.3) is 0 Å². The largest absolute Gasteiger partial charge is 0.461 e. The van der Waals surface area contributed by atoms with E-state index in [1.54, 1.807) is 0 Å². The van der Waals surface area contributed by atoms with Crippen molar-refractivity contribution in [3.05, 3.63) is 49.9 Å². The summed E-state index contributed by atoms with van der Waals surface area (Å²) in [6.45, 7) is 0. The van der Waals surface area contributed by atoms with Crippen LogP contribution in [-0.4, -0.2) is 22.9 Å². The lowest BCUT2D eigenvalue weighted by Crippen LogP contribution is -2.20. The number of ether oxygens (including phenoxy) is 1.